The molecule has 0 aliphatic carbocycles. The SMILES string of the molecule is CCOC(=O)C1c2cc(OC)c(OC)cc2CCN1C. The summed E-state index contributed by atoms with van der Waals surface area (Å²) in [6, 6.07) is 3.46. The van der Waals surface area contributed by atoms with Crippen LogP contribution in [-0.4, -0.2) is 45.3 Å². The summed E-state index contributed by atoms with van der Waals surface area (Å²) in [5.74, 6) is 1.11. The number of fused-ring (bicyclic) bond motifs is 1. The summed E-state index contributed by atoms with van der Waals surface area (Å²) < 4.78 is 15.8. The molecule has 20 heavy (non-hydrogen) atoms. The van der Waals surface area contributed by atoms with Crippen LogP contribution in [0.3, 0.4) is 0 Å². The lowest BCUT2D eigenvalue weighted by Gasteiger charge is -2.33. The first-order chi connectivity index (χ1) is 9.62. The van der Waals surface area contributed by atoms with Crippen LogP contribution in [0.5, 0.6) is 11.5 Å². The predicted octanol–water partition coefficient (Wildman–Crippen LogP) is 1.80. The van der Waals surface area contributed by atoms with E-state index in [9.17, 15) is 4.79 Å². The van der Waals surface area contributed by atoms with Crippen LogP contribution in [0.2, 0.25) is 0 Å². The van der Waals surface area contributed by atoms with Crippen molar-refractivity contribution >= 4 is 5.97 Å². The standard InChI is InChI=1S/C15H21NO4/c1-5-20-15(17)14-11-9-13(19-4)12(18-3)8-10(11)6-7-16(14)2/h8-9,14H,5-7H2,1-4H3. The van der Waals surface area contributed by atoms with Crippen LogP contribution in [0.1, 0.15) is 24.1 Å². The average Bonchev–Trinajstić information content (AvgIpc) is 2.45. The van der Waals surface area contributed by atoms with Gasteiger partial charge >= 0.3 is 5.97 Å². The number of esters is 1. The van der Waals surface area contributed by atoms with Crippen LogP contribution in [0, 0.1) is 0 Å². The van der Waals surface area contributed by atoms with Crippen molar-refractivity contribution in [2.45, 2.75) is 19.4 Å². The fourth-order valence-corrected chi connectivity index (χ4v) is 2.60. The van der Waals surface area contributed by atoms with Gasteiger partial charge in [-0.05, 0) is 43.7 Å². The molecule has 1 aromatic rings. The van der Waals surface area contributed by atoms with Crippen molar-refractivity contribution in [3.05, 3.63) is 23.3 Å². The summed E-state index contributed by atoms with van der Waals surface area (Å²) in [5, 5.41) is 0. The number of hydrogen-bond donors (Lipinski definition) is 0. The number of hydrogen-bond acceptors (Lipinski definition) is 5. The van der Waals surface area contributed by atoms with Gasteiger partial charge in [-0.25, -0.2) is 4.79 Å². The number of benzene rings is 1. The summed E-state index contributed by atoms with van der Waals surface area (Å²) in [4.78, 5) is 14.2. The van der Waals surface area contributed by atoms with Crippen molar-refractivity contribution in [3.63, 3.8) is 0 Å². The van der Waals surface area contributed by atoms with E-state index in [0.29, 0.717) is 18.1 Å². The molecular weight excluding hydrogens is 258 g/mol. The summed E-state index contributed by atoms with van der Waals surface area (Å²) in [7, 11) is 5.14. The Kier molecular flexibility index (Phi) is 4.49. The molecule has 0 bridgehead atoms. The van der Waals surface area contributed by atoms with Crippen molar-refractivity contribution in [3.8, 4) is 11.5 Å². The van der Waals surface area contributed by atoms with Crippen LogP contribution in [-0.2, 0) is 16.0 Å². The zero-order valence-corrected chi connectivity index (χ0v) is 12.4. The largest absolute Gasteiger partial charge is 0.493 e. The van der Waals surface area contributed by atoms with Gasteiger partial charge in [0.15, 0.2) is 11.5 Å². The third-order valence-corrected chi connectivity index (χ3v) is 3.62. The molecule has 1 aromatic carbocycles. The second-order valence-corrected chi connectivity index (χ2v) is 4.79. The number of rotatable bonds is 4. The van der Waals surface area contributed by atoms with E-state index in [4.69, 9.17) is 14.2 Å². The third-order valence-electron chi connectivity index (χ3n) is 3.62. The van der Waals surface area contributed by atoms with E-state index < -0.39 is 0 Å². The Morgan fingerprint density at radius 3 is 2.55 bits per heavy atom. The van der Waals surface area contributed by atoms with Crippen LogP contribution >= 0.6 is 0 Å². The lowest BCUT2D eigenvalue weighted by Crippen LogP contribution is -2.37. The van der Waals surface area contributed by atoms with Gasteiger partial charge < -0.3 is 14.2 Å². The molecular formula is C15H21NO4. The Morgan fingerprint density at radius 1 is 1.30 bits per heavy atom. The fraction of sp³-hybridized carbons (Fsp3) is 0.533. The van der Waals surface area contributed by atoms with E-state index in [1.165, 1.54) is 0 Å². The number of methoxy groups -OCH3 is 2. The first kappa shape index (κ1) is 14.7. The Morgan fingerprint density at radius 2 is 1.95 bits per heavy atom. The summed E-state index contributed by atoms with van der Waals surface area (Å²) in [5.41, 5.74) is 2.05. The molecule has 110 valence electrons. The van der Waals surface area contributed by atoms with Gasteiger partial charge in [0.05, 0.1) is 20.8 Å². The zero-order valence-electron chi connectivity index (χ0n) is 12.4. The number of ether oxygens (including phenoxy) is 3. The van der Waals surface area contributed by atoms with Gasteiger partial charge in [-0.15, -0.1) is 0 Å². The highest BCUT2D eigenvalue weighted by atomic mass is 16.5. The molecule has 0 radical (unpaired) electrons. The van der Waals surface area contributed by atoms with Gasteiger partial charge in [-0.3, -0.25) is 4.90 Å². The maximum atomic E-state index is 12.2. The van der Waals surface area contributed by atoms with E-state index >= 15 is 0 Å². The Balaban J connectivity index is 2.46. The molecule has 0 amide bonds. The fourth-order valence-electron chi connectivity index (χ4n) is 2.60. The summed E-state index contributed by atoms with van der Waals surface area (Å²) in [6.07, 6.45) is 0.877. The highest BCUT2D eigenvalue weighted by Crippen LogP contribution is 2.37. The molecule has 0 spiro atoms. The second kappa shape index (κ2) is 6.13. The van der Waals surface area contributed by atoms with Crippen molar-refractivity contribution in [1.82, 2.24) is 4.90 Å². The topological polar surface area (TPSA) is 48.0 Å². The molecule has 0 N–H and O–H groups in total. The highest BCUT2D eigenvalue weighted by Gasteiger charge is 2.33. The van der Waals surface area contributed by atoms with Crippen molar-refractivity contribution in [1.29, 1.82) is 0 Å². The average molecular weight is 279 g/mol. The van der Waals surface area contributed by atoms with E-state index in [0.717, 1.165) is 24.1 Å². The number of likely N-dealkylation sites (N-methyl/N-ethyl adjacent to an activating group) is 1. The van der Waals surface area contributed by atoms with E-state index in [-0.39, 0.29) is 12.0 Å². The molecule has 5 nitrogen and oxygen atoms in total. The Bertz CT molecular complexity index is 501. The van der Waals surface area contributed by atoms with Crippen molar-refractivity contribution in [2.75, 3.05) is 34.4 Å². The Hall–Kier alpha value is -1.75. The van der Waals surface area contributed by atoms with Gasteiger partial charge in [-0.1, -0.05) is 0 Å². The minimum Gasteiger partial charge on any atom is -0.493 e. The van der Waals surface area contributed by atoms with E-state index in [2.05, 4.69) is 0 Å². The molecule has 1 aliphatic rings. The van der Waals surface area contributed by atoms with Crippen molar-refractivity contribution in [2.24, 2.45) is 0 Å². The predicted molar refractivity (Wildman–Crippen MR) is 75.3 cm³/mol. The molecule has 1 heterocycles. The van der Waals surface area contributed by atoms with E-state index in [1.54, 1.807) is 14.2 Å². The van der Waals surface area contributed by atoms with Crippen LogP contribution in [0.25, 0.3) is 0 Å². The first-order valence-electron chi connectivity index (χ1n) is 6.74. The minimum absolute atomic E-state index is 0.219. The molecule has 5 heteroatoms. The molecule has 1 aliphatic heterocycles. The number of carbonyl (C=O) groups is 1. The molecule has 0 aromatic heterocycles. The highest BCUT2D eigenvalue weighted by molar-refractivity contribution is 5.79. The lowest BCUT2D eigenvalue weighted by molar-refractivity contribution is -0.149. The molecule has 0 fully saturated rings. The van der Waals surface area contributed by atoms with Gasteiger partial charge in [0.2, 0.25) is 0 Å². The van der Waals surface area contributed by atoms with Crippen LogP contribution in [0.4, 0.5) is 0 Å². The molecule has 1 atom stereocenters. The maximum Gasteiger partial charge on any atom is 0.328 e. The van der Waals surface area contributed by atoms with Gasteiger partial charge in [-0.2, -0.15) is 0 Å². The van der Waals surface area contributed by atoms with Gasteiger partial charge in [0, 0.05) is 6.54 Å². The van der Waals surface area contributed by atoms with Crippen molar-refractivity contribution < 1.29 is 19.0 Å². The molecule has 0 saturated heterocycles. The normalized spacial score (nSPS) is 18.3. The first-order valence-corrected chi connectivity index (χ1v) is 6.74. The van der Waals surface area contributed by atoms with Gasteiger partial charge in [0.25, 0.3) is 0 Å². The molecule has 2 rings (SSSR count). The monoisotopic (exact) mass is 279 g/mol. The molecule has 1 unspecified atom stereocenters. The van der Waals surface area contributed by atoms with Crippen LogP contribution < -0.4 is 9.47 Å². The zero-order chi connectivity index (χ0) is 14.7. The quantitative estimate of drug-likeness (QED) is 0.787. The summed E-state index contributed by atoms with van der Waals surface area (Å²) >= 11 is 0. The lowest BCUT2D eigenvalue weighted by atomic mass is 9.92. The smallest absolute Gasteiger partial charge is 0.328 e. The third kappa shape index (κ3) is 2.58. The van der Waals surface area contributed by atoms with Crippen LogP contribution in [0.15, 0.2) is 12.1 Å². The van der Waals surface area contributed by atoms with Gasteiger partial charge in [0.1, 0.15) is 6.04 Å². The minimum atomic E-state index is -0.376. The number of nitrogens with zero attached hydrogens (tertiary/aromatic N) is 1. The maximum absolute atomic E-state index is 12.2. The second-order valence-electron chi connectivity index (χ2n) is 4.79. The Labute approximate surface area is 119 Å². The summed E-state index contributed by atoms with van der Waals surface area (Å²) in [6.45, 7) is 3.01. The number of carbonyl (C=O) groups excluding carboxylic acids is 1. The molecule has 0 saturated carbocycles. The van der Waals surface area contributed by atoms with E-state index in [1.807, 2.05) is 31.0 Å².